The molecule has 0 saturated heterocycles. The fraction of sp³-hybridized carbons (Fsp3) is 0.136. The van der Waals surface area contributed by atoms with Gasteiger partial charge in [-0.3, -0.25) is 0 Å². The molecule has 0 heterocycles. The molecule has 0 aromatic heterocycles. The molecule has 0 amide bonds. The molecular weight excluding hydrogens is 360 g/mol. The van der Waals surface area contributed by atoms with Crippen LogP contribution in [0.4, 0.5) is 0 Å². The number of hydrogen-bond acceptors (Lipinski definition) is 4. The first-order chi connectivity index (χ1) is 12.9. The summed E-state index contributed by atoms with van der Waals surface area (Å²) in [6, 6.07) is 24.3. The van der Waals surface area contributed by atoms with Gasteiger partial charge in [0.05, 0.1) is 11.3 Å². The van der Waals surface area contributed by atoms with Gasteiger partial charge in [-0.1, -0.05) is 66.7 Å². The summed E-state index contributed by atoms with van der Waals surface area (Å²) in [6.07, 6.45) is 1.18. The lowest BCUT2D eigenvalue weighted by Crippen LogP contribution is -2.06. The summed E-state index contributed by atoms with van der Waals surface area (Å²) < 4.78 is 27.9. The number of carbonyl (C=O) groups excluding carboxylic acids is 1. The average Bonchev–Trinajstić information content (AvgIpc) is 2.66. The van der Waals surface area contributed by atoms with Crippen molar-refractivity contribution in [2.24, 2.45) is 0 Å². The van der Waals surface area contributed by atoms with Crippen LogP contribution in [0.3, 0.4) is 0 Å². The molecule has 3 aromatic rings. The van der Waals surface area contributed by atoms with Crippen LogP contribution in [0.25, 0.3) is 11.1 Å². The number of sulfone groups is 1. The van der Waals surface area contributed by atoms with E-state index in [4.69, 9.17) is 4.74 Å². The van der Waals surface area contributed by atoms with Gasteiger partial charge < -0.3 is 4.74 Å². The molecule has 0 fully saturated rings. The van der Waals surface area contributed by atoms with E-state index in [1.807, 2.05) is 54.6 Å². The third kappa shape index (κ3) is 5.53. The summed E-state index contributed by atoms with van der Waals surface area (Å²) in [4.78, 5) is 12.2. The number of carbonyl (C=O) groups is 1. The minimum atomic E-state index is -3.10. The molecule has 138 valence electrons. The van der Waals surface area contributed by atoms with Crippen molar-refractivity contribution in [3.05, 3.63) is 95.6 Å². The molecule has 0 aliphatic rings. The molecular formula is C22H20O4S. The Balaban J connectivity index is 1.59. The lowest BCUT2D eigenvalue weighted by molar-refractivity contribution is 0.0472. The minimum absolute atomic E-state index is 0.0455. The van der Waals surface area contributed by atoms with Crippen LogP contribution in [0.1, 0.15) is 21.5 Å². The highest BCUT2D eigenvalue weighted by molar-refractivity contribution is 7.89. The van der Waals surface area contributed by atoms with Crippen molar-refractivity contribution >= 4 is 15.8 Å². The fourth-order valence-electron chi connectivity index (χ4n) is 2.70. The molecule has 0 aliphatic carbocycles. The van der Waals surface area contributed by atoms with Crippen molar-refractivity contribution in [2.75, 3.05) is 6.26 Å². The Kier molecular flexibility index (Phi) is 5.72. The molecule has 0 aliphatic heterocycles. The van der Waals surface area contributed by atoms with Crippen molar-refractivity contribution in [3.8, 4) is 11.1 Å². The zero-order valence-electron chi connectivity index (χ0n) is 15.0. The summed E-state index contributed by atoms with van der Waals surface area (Å²) in [5.74, 6) is -0.483. The monoisotopic (exact) mass is 380 g/mol. The molecule has 27 heavy (non-hydrogen) atoms. The first kappa shape index (κ1) is 18.9. The van der Waals surface area contributed by atoms with Crippen LogP contribution in [0.2, 0.25) is 0 Å². The highest BCUT2D eigenvalue weighted by Gasteiger charge is 2.09. The van der Waals surface area contributed by atoms with Gasteiger partial charge in [0.15, 0.2) is 9.84 Å². The van der Waals surface area contributed by atoms with E-state index < -0.39 is 15.8 Å². The van der Waals surface area contributed by atoms with Crippen molar-refractivity contribution in [1.29, 1.82) is 0 Å². The maximum Gasteiger partial charge on any atom is 0.338 e. The van der Waals surface area contributed by atoms with Crippen LogP contribution in [0.15, 0.2) is 78.9 Å². The molecule has 0 bridgehead atoms. The minimum Gasteiger partial charge on any atom is -0.457 e. The zero-order chi connectivity index (χ0) is 19.3. The van der Waals surface area contributed by atoms with Crippen LogP contribution >= 0.6 is 0 Å². The predicted octanol–water partition coefficient (Wildman–Crippen LogP) is 4.26. The van der Waals surface area contributed by atoms with Gasteiger partial charge in [-0.25, -0.2) is 13.2 Å². The third-order valence-electron chi connectivity index (χ3n) is 4.05. The number of hydrogen-bond donors (Lipinski definition) is 0. The van der Waals surface area contributed by atoms with Gasteiger partial charge in [0.1, 0.15) is 6.61 Å². The van der Waals surface area contributed by atoms with Gasteiger partial charge in [-0.05, 0) is 34.4 Å². The molecule has 4 nitrogen and oxygen atoms in total. The molecule has 3 aromatic carbocycles. The molecule has 5 heteroatoms. The van der Waals surface area contributed by atoms with Gasteiger partial charge in [0, 0.05) is 6.26 Å². The molecule has 0 spiro atoms. The van der Waals surface area contributed by atoms with Gasteiger partial charge in [-0.15, -0.1) is 0 Å². The molecule has 3 rings (SSSR count). The summed E-state index contributed by atoms with van der Waals surface area (Å²) in [7, 11) is -3.10. The van der Waals surface area contributed by atoms with Gasteiger partial charge >= 0.3 is 5.97 Å². The SMILES string of the molecule is CS(=O)(=O)Cc1ccc(C(=O)OCc2ccc(-c3ccccc3)cc2)cc1. The quantitative estimate of drug-likeness (QED) is 0.600. The topological polar surface area (TPSA) is 60.4 Å². The van der Waals surface area contributed by atoms with Gasteiger partial charge in [-0.2, -0.15) is 0 Å². The Bertz CT molecular complexity index is 1010. The van der Waals surface area contributed by atoms with Crippen molar-refractivity contribution in [2.45, 2.75) is 12.4 Å². The van der Waals surface area contributed by atoms with E-state index in [-0.39, 0.29) is 12.4 Å². The maximum absolute atomic E-state index is 12.2. The van der Waals surface area contributed by atoms with E-state index in [2.05, 4.69) is 0 Å². The van der Waals surface area contributed by atoms with E-state index in [1.165, 1.54) is 6.26 Å². The molecule has 0 radical (unpaired) electrons. The third-order valence-corrected chi connectivity index (χ3v) is 4.91. The standard InChI is InChI=1S/C22H20O4S/c1-27(24,25)16-18-9-13-21(14-10-18)22(23)26-15-17-7-11-20(12-8-17)19-5-3-2-4-6-19/h2-14H,15-16H2,1H3. The Morgan fingerprint density at radius 1 is 0.778 bits per heavy atom. The Hall–Kier alpha value is -2.92. The highest BCUT2D eigenvalue weighted by atomic mass is 32.2. The van der Waals surface area contributed by atoms with Gasteiger partial charge in [0.2, 0.25) is 0 Å². The number of ether oxygens (including phenoxy) is 1. The molecule has 0 unspecified atom stereocenters. The van der Waals surface area contributed by atoms with Crippen LogP contribution in [-0.2, 0) is 26.9 Å². The van der Waals surface area contributed by atoms with E-state index >= 15 is 0 Å². The molecule has 0 atom stereocenters. The van der Waals surface area contributed by atoms with Crippen LogP contribution in [0, 0.1) is 0 Å². The summed E-state index contributed by atoms with van der Waals surface area (Å²) in [5, 5.41) is 0. The zero-order valence-corrected chi connectivity index (χ0v) is 15.8. The van der Waals surface area contributed by atoms with Gasteiger partial charge in [0.25, 0.3) is 0 Å². The maximum atomic E-state index is 12.2. The van der Waals surface area contributed by atoms with Crippen LogP contribution in [-0.4, -0.2) is 20.6 Å². The van der Waals surface area contributed by atoms with E-state index in [0.717, 1.165) is 16.7 Å². The highest BCUT2D eigenvalue weighted by Crippen LogP contribution is 2.19. The Morgan fingerprint density at radius 2 is 1.33 bits per heavy atom. The number of esters is 1. The second-order valence-electron chi connectivity index (χ2n) is 6.41. The Labute approximate surface area is 159 Å². The smallest absolute Gasteiger partial charge is 0.338 e. The molecule has 0 N–H and O–H groups in total. The first-order valence-corrected chi connectivity index (χ1v) is 10.5. The van der Waals surface area contributed by atoms with Crippen molar-refractivity contribution in [3.63, 3.8) is 0 Å². The largest absolute Gasteiger partial charge is 0.457 e. The lowest BCUT2D eigenvalue weighted by Gasteiger charge is -2.07. The lowest BCUT2D eigenvalue weighted by atomic mass is 10.0. The summed E-state index contributed by atoms with van der Waals surface area (Å²) in [6.45, 7) is 0.180. The second-order valence-corrected chi connectivity index (χ2v) is 8.55. The summed E-state index contributed by atoms with van der Waals surface area (Å²) >= 11 is 0. The second kappa shape index (κ2) is 8.18. The van der Waals surface area contributed by atoms with E-state index in [9.17, 15) is 13.2 Å². The van der Waals surface area contributed by atoms with Crippen LogP contribution < -0.4 is 0 Å². The first-order valence-electron chi connectivity index (χ1n) is 8.49. The number of benzene rings is 3. The van der Waals surface area contributed by atoms with Crippen molar-refractivity contribution < 1.29 is 17.9 Å². The van der Waals surface area contributed by atoms with E-state index in [1.54, 1.807) is 24.3 Å². The average molecular weight is 380 g/mol. The van der Waals surface area contributed by atoms with Crippen LogP contribution in [0.5, 0.6) is 0 Å². The van der Waals surface area contributed by atoms with Crippen molar-refractivity contribution in [1.82, 2.24) is 0 Å². The number of rotatable bonds is 6. The fourth-order valence-corrected chi connectivity index (χ4v) is 3.49. The summed E-state index contributed by atoms with van der Waals surface area (Å²) in [5.41, 5.74) is 4.18. The predicted molar refractivity (Wildman–Crippen MR) is 106 cm³/mol. The molecule has 0 saturated carbocycles. The normalized spacial score (nSPS) is 11.1. The van der Waals surface area contributed by atoms with E-state index in [0.29, 0.717) is 11.1 Å². The Morgan fingerprint density at radius 3 is 1.93 bits per heavy atom.